The van der Waals surface area contributed by atoms with Crippen LogP contribution >= 0.6 is 0 Å². The molecule has 0 saturated carbocycles. The number of nitriles is 1. The average Bonchev–Trinajstić information content (AvgIpc) is 3.46. The minimum Gasteiger partial charge on any atom is -0.414 e. The van der Waals surface area contributed by atoms with Crippen molar-refractivity contribution in [2.24, 2.45) is 0 Å². The van der Waals surface area contributed by atoms with Crippen molar-refractivity contribution in [2.45, 2.75) is 109 Å². The summed E-state index contributed by atoms with van der Waals surface area (Å²) in [7, 11) is -2.08. The number of carbonyl (C=O) groups excluding carboxylic acids is 1. The fraction of sp³-hybridized carbons (Fsp3) is 0.692. The van der Waals surface area contributed by atoms with Gasteiger partial charge in [0.25, 0.3) is 0 Å². The van der Waals surface area contributed by atoms with Crippen LogP contribution in [0.2, 0.25) is 18.1 Å². The standard InChI is InChI=1S/C26H39N5O5Si/c1-9-10-11-20(32)30-23-17-12-13-19(31(17)29-16-28-23)26(15-27)22-21(35-25(5,6)36-22)18(34-26)14-33-37(7,8)24(2,3)4/h12-13,16,18,21-22H,9-11,14H2,1-8H3,(H,28,29,30,32)/t18?,21-,22-,26+/m1/s1. The molecule has 0 aliphatic carbocycles. The summed E-state index contributed by atoms with van der Waals surface area (Å²) in [4.78, 5) is 16.6. The van der Waals surface area contributed by atoms with Gasteiger partial charge in [-0.15, -0.1) is 0 Å². The Balaban J connectivity index is 1.69. The van der Waals surface area contributed by atoms with Crippen molar-refractivity contribution >= 4 is 25.6 Å². The van der Waals surface area contributed by atoms with Crippen LogP contribution in [0.4, 0.5) is 5.82 Å². The SMILES string of the molecule is CCCCC(=O)Nc1ncnn2c([C@]3(C#N)OC(CO[Si](C)(C)C(C)(C)C)[C@H]4OC(C)(C)O[C@H]43)ccc12. The number of fused-ring (bicyclic) bond motifs is 2. The molecule has 4 heterocycles. The van der Waals surface area contributed by atoms with Crippen molar-refractivity contribution in [1.82, 2.24) is 14.6 Å². The van der Waals surface area contributed by atoms with Crippen LogP contribution in [0.3, 0.4) is 0 Å². The van der Waals surface area contributed by atoms with Crippen LogP contribution in [-0.2, 0) is 29.0 Å². The van der Waals surface area contributed by atoms with E-state index in [0.29, 0.717) is 23.4 Å². The zero-order valence-electron chi connectivity index (χ0n) is 23.1. The van der Waals surface area contributed by atoms with E-state index in [1.807, 2.05) is 20.8 Å². The second-order valence-electron chi connectivity index (χ2n) is 11.9. The van der Waals surface area contributed by atoms with Crippen LogP contribution in [0.1, 0.15) is 66.5 Å². The predicted octanol–water partition coefficient (Wildman–Crippen LogP) is 4.52. The van der Waals surface area contributed by atoms with E-state index in [2.05, 4.69) is 55.3 Å². The molecule has 4 rings (SSSR count). The molecule has 0 spiro atoms. The van der Waals surface area contributed by atoms with E-state index < -0.39 is 38.0 Å². The predicted molar refractivity (Wildman–Crippen MR) is 140 cm³/mol. The number of nitrogens with zero attached hydrogens (tertiary/aromatic N) is 4. The highest BCUT2D eigenvalue weighted by Crippen LogP contribution is 2.50. The first-order valence-electron chi connectivity index (χ1n) is 13.0. The van der Waals surface area contributed by atoms with E-state index in [-0.39, 0.29) is 17.6 Å². The number of ether oxygens (including phenoxy) is 3. The Morgan fingerprint density at radius 2 is 2.00 bits per heavy atom. The Labute approximate surface area is 219 Å². The largest absolute Gasteiger partial charge is 0.414 e. The normalized spacial score (nSPS) is 27.3. The van der Waals surface area contributed by atoms with Gasteiger partial charge in [0.15, 0.2) is 19.9 Å². The fourth-order valence-electron chi connectivity index (χ4n) is 4.58. The van der Waals surface area contributed by atoms with Gasteiger partial charge in [0.05, 0.1) is 12.3 Å². The third kappa shape index (κ3) is 5.05. The third-order valence-electron chi connectivity index (χ3n) is 7.66. The van der Waals surface area contributed by atoms with Gasteiger partial charge in [-0.05, 0) is 50.5 Å². The number of nitrogens with one attached hydrogen (secondary N) is 1. The number of hydrogen-bond donors (Lipinski definition) is 1. The van der Waals surface area contributed by atoms with E-state index in [0.717, 1.165) is 12.8 Å². The molecule has 37 heavy (non-hydrogen) atoms. The summed E-state index contributed by atoms with van der Waals surface area (Å²) < 4.78 is 27.1. The molecule has 0 aromatic carbocycles. The van der Waals surface area contributed by atoms with Crippen LogP contribution in [0.5, 0.6) is 0 Å². The van der Waals surface area contributed by atoms with Crippen molar-refractivity contribution in [2.75, 3.05) is 11.9 Å². The van der Waals surface area contributed by atoms with Gasteiger partial charge in [0, 0.05) is 6.42 Å². The molecule has 202 valence electrons. The summed E-state index contributed by atoms with van der Waals surface area (Å²) >= 11 is 0. The summed E-state index contributed by atoms with van der Waals surface area (Å²) in [6.07, 6.45) is 1.77. The van der Waals surface area contributed by atoms with E-state index in [1.165, 1.54) is 6.33 Å². The lowest BCUT2D eigenvalue weighted by atomic mass is 9.92. The highest BCUT2D eigenvalue weighted by molar-refractivity contribution is 6.74. The first-order chi connectivity index (χ1) is 17.2. The average molecular weight is 530 g/mol. The number of unbranched alkanes of at least 4 members (excludes halogenated alkanes) is 1. The zero-order chi connectivity index (χ0) is 27.2. The summed E-state index contributed by atoms with van der Waals surface area (Å²) in [5, 5.41) is 17.9. The van der Waals surface area contributed by atoms with Gasteiger partial charge in [-0.3, -0.25) is 4.79 Å². The summed E-state index contributed by atoms with van der Waals surface area (Å²) in [6, 6.07) is 5.94. The highest BCUT2D eigenvalue weighted by Gasteiger charge is 2.65. The van der Waals surface area contributed by atoms with Gasteiger partial charge < -0.3 is 24.0 Å². The molecule has 4 atom stereocenters. The Bertz CT molecular complexity index is 1200. The van der Waals surface area contributed by atoms with Gasteiger partial charge in [-0.25, -0.2) is 9.50 Å². The zero-order valence-corrected chi connectivity index (χ0v) is 24.1. The molecule has 0 bridgehead atoms. The first kappa shape index (κ1) is 27.7. The summed E-state index contributed by atoms with van der Waals surface area (Å²) in [5.41, 5.74) is -0.441. The molecule has 1 unspecified atom stereocenters. The lowest BCUT2D eigenvalue weighted by molar-refractivity contribution is -0.204. The molecule has 1 amide bonds. The second kappa shape index (κ2) is 9.74. The summed E-state index contributed by atoms with van der Waals surface area (Å²) in [5.74, 6) is -0.627. The Hall–Kier alpha value is -2.36. The van der Waals surface area contributed by atoms with Gasteiger partial charge >= 0.3 is 0 Å². The van der Waals surface area contributed by atoms with Gasteiger partial charge in [-0.1, -0.05) is 34.1 Å². The molecule has 2 aromatic rings. The maximum Gasteiger partial charge on any atom is 0.226 e. The van der Waals surface area contributed by atoms with Gasteiger partial charge in [0.2, 0.25) is 11.5 Å². The molecule has 2 fully saturated rings. The quantitative estimate of drug-likeness (QED) is 0.496. The van der Waals surface area contributed by atoms with E-state index in [9.17, 15) is 10.1 Å². The van der Waals surface area contributed by atoms with Crippen LogP contribution in [0.25, 0.3) is 5.52 Å². The molecule has 2 aliphatic heterocycles. The number of hydrogen-bond acceptors (Lipinski definition) is 8. The smallest absolute Gasteiger partial charge is 0.226 e. The lowest BCUT2D eigenvalue weighted by Gasteiger charge is -2.37. The third-order valence-corrected chi connectivity index (χ3v) is 12.2. The molecule has 11 heteroatoms. The number of anilines is 1. The molecule has 10 nitrogen and oxygen atoms in total. The second-order valence-corrected chi connectivity index (χ2v) is 16.7. The lowest BCUT2D eigenvalue weighted by Crippen LogP contribution is -2.44. The van der Waals surface area contributed by atoms with Crippen LogP contribution in [0.15, 0.2) is 18.5 Å². The molecule has 1 N–H and O–H groups in total. The van der Waals surface area contributed by atoms with E-state index >= 15 is 0 Å². The van der Waals surface area contributed by atoms with E-state index in [4.69, 9.17) is 18.6 Å². The Morgan fingerprint density at radius 1 is 1.27 bits per heavy atom. The van der Waals surface area contributed by atoms with Crippen molar-refractivity contribution in [1.29, 1.82) is 5.26 Å². The molecule has 2 aromatic heterocycles. The minimum atomic E-state index is -2.08. The van der Waals surface area contributed by atoms with Crippen LogP contribution < -0.4 is 5.32 Å². The number of carbonyl (C=O) groups is 1. The number of aromatic nitrogens is 3. The Kier molecular flexibility index (Phi) is 7.29. The first-order valence-corrected chi connectivity index (χ1v) is 15.9. The monoisotopic (exact) mass is 529 g/mol. The summed E-state index contributed by atoms with van der Waals surface area (Å²) in [6.45, 7) is 16.9. The maximum absolute atomic E-state index is 12.4. The molecular formula is C26H39N5O5Si. The van der Waals surface area contributed by atoms with Crippen LogP contribution in [0, 0.1) is 11.3 Å². The number of rotatable bonds is 8. The molecule has 2 saturated heterocycles. The van der Waals surface area contributed by atoms with Gasteiger partial charge in [0.1, 0.15) is 36.2 Å². The van der Waals surface area contributed by atoms with Crippen molar-refractivity contribution in [3.8, 4) is 6.07 Å². The highest BCUT2D eigenvalue weighted by atomic mass is 28.4. The van der Waals surface area contributed by atoms with Crippen molar-refractivity contribution in [3.05, 3.63) is 24.2 Å². The van der Waals surface area contributed by atoms with Gasteiger partial charge in [-0.2, -0.15) is 10.4 Å². The van der Waals surface area contributed by atoms with E-state index in [1.54, 1.807) is 16.6 Å². The fourth-order valence-corrected chi connectivity index (χ4v) is 5.59. The Morgan fingerprint density at radius 3 is 2.65 bits per heavy atom. The number of amides is 1. The molecule has 0 radical (unpaired) electrons. The van der Waals surface area contributed by atoms with Crippen molar-refractivity contribution in [3.63, 3.8) is 0 Å². The van der Waals surface area contributed by atoms with Crippen molar-refractivity contribution < 1.29 is 23.4 Å². The molecular weight excluding hydrogens is 490 g/mol. The van der Waals surface area contributed by atoms with Crippen LogP contribution in [-0.4, -0.2) is 59.5 Å². The topological polar surface area (TPSA) is 120 Å². The maximum atomic E-state index is 12.4. The minimum absolute atomic E-state index is 0.0241. The molecule has 2 aliphatic rings.